The predicted molar refractivity (Wildman–Crippen MR) is 118 cm³/mol. The number of carbonyl (C=O) groups excluding carboxylic acids is 1. The van der Waals surface area contributed by atoms with Crippen molar-refractivity contribution in [2.45, 2.75) is 26.7 Å². The van der Waals surface area contributed by atoms with Crippen LogP contribution in [0.3, 0.4) is 0 Å². The number of hydrogen-bond acceptors (Lipinski definition) is 5. The first-order valence-electron chi connectivity index (χ1n) is 10.7. The van der Waals surface area contributed by atoms with Crippen LogP contribution in [0.1, 0.15) is 35.8 Å². The highest BCUT2D eigenvalue weighted by Gasteiger charge is 2.28. The van der Waals surface area contributed by atoms with Crippen LogP contribution in [0.2, 0.25) is 0 Å². The van der Waals surface area contributed by atoms with Crippen LogP contribution < -0.4 is 0 Å². The average molecular weight is 415 g/mol. The van der Waals surface area contributed by atoms with Crippen LogP contribution in [-0.2, 0) is 7.05 Å². The minimum Gasteiger partial charge on any atom is -0.338 e. The number of piperidine rings is 1. The molecule has 31 heavy (non-hydrogen) atoms. The molecule has 1 fully saturated rings. The number of aromatic nitrogens is 4. The third kappa shape index (κ3) is 3.50. The standard InChI is InChI=1S/C24H25N5O2/c1-15-8-7-11-29(13-15)24(30)18-12-20(19-14-28(3)26-16(19)2)25-23-21(18)22(27-31-23)17-9-5-4-6-10-17/h4-6,9-10,12,14-15H,7-8,11,13H2,1-3H3/t15-/m1/s1. The number of carbonyl (C=O) groups is 1. The molecule has 1 aromatic carbocycles. The van der Waals surface area contributed by atoms with Gasteiger partial charge in [0.2, 0.25) is 0 Å². The maximum atomic E-state index is 13.7. The van der Waals surface area contributed by atoms with Gasteiger partial charge in [0.25, 0.3) is 11.6 Å². The van der Waals surface area contributed by atoms with Gasteiger partial charge in [-0.2, -0.15) is 5.10 Å². The third-order valence-electron chi connectivity index (χ3n) is 5.96. The molecule has 0 unspecified atom stereocenters. The van der Waals surface area contributed by atoms with Crippen LogP contribution in [0, 0.1) is 12.8 Å². The fraction of sp³-hybridized carbons (Fsp3) is 0.333. The fourth-order valence-electron chi connectivity index (χ4n) is 4.45. The van der Waals surface area contributed by atoms with Gasteiger partial charge in [0, 0.05) is 37.5 Å². The molecular weight excluding hydrogens is 390 g/mol. The zero-order valence-electron chi connectivity index (χ0n) is 18.0. The summed E-state index contributed by atoms with van der Waals surface area (Å²) in [6, 6.07) is 11.7. The lowest BCUT2D eigenvalue weighted by Gasteiger charge is -2.31. The molecule has 158 valence electrons. The monoisotopic (exact) mass is 415 g/mol. The van der Waals surface area contributed by atoms with Crippen molar-refractivity contribution in [1.29, 1.82) is 0 Å². The van der Waals surface area contributed by atoms with E-state index in [9.17, 15) is 4.79 Å². The lowest BCUT2D eigenvalue weighted by molar-refractivity contribution is 0.0685. The second-order valence-corrected chi connectivity index (χ2v) is 8.43. The van der Waals surface area contributed by atoms with E-state index in [0.717, 1.165) is 42.8 Å². The SMILES string of the molecule is Cc1nn(C)cc1-c1cc(C(=O)N2CCC[C@@H](C)C2)c2c(-c3ccccc3)noc2n1. The zero-order valence-corrected chi connectivity index (χ0v) is 18.0. The quantitative estimate of drug-likeness (QED) is 0.493. The van der Waals surface area contributed by atoms with Gasteiger partial charge in [0.1, 0.15) is 5.69 Å². The van der Waals surface area contributed by atoms with E-state index in [1.165, 1.54) is 0 Å². The van der Waals surface area contributed by atoms with Crippen LogP contribution in [-0.4, -0.2) is 43.8 Å². The summed E-state index contributed by atoms with van der Waals surface area (Å²) in [5, 5.41) is 9.40. The Morgan fingerprint density at radius 1 is 1.23 bits per heavy atom. The predicted octanol–water partition coefficient (Wildman–Crippen LogP) is 4.47. The number of fused-ring (bicyclic) bond motifs is 1. The molecule has 0 saturated carbocycles. The minimum atomic E-state index is 0.00197. The summed E-state index contributed by atoms with van der Waals surface area (Å²) >= 11 is 0. The Kier molecular flexibility index (Phi) is 4.81. The summed E-state index contributed by atoms with van der Waals surface area (Å²) in [6.45, 7) is 5.65. The molecule has 1 atom stereocenters. The van der Waals surface area contributed by atoms with Gasteiger partial charge in [0.15, 0.2) is 0 Å². The summed E-state index contributed by atoms with van der Waals surface area (Å²) in [5.41, 5.74) is 4.89. The number of rotatable bonds is 3. The molecule has 0 aliphatic carbocycles. The Labute approximate surface area is 180 Å². The normalized spacial score (nSPS) is 16.7. The van der Waals surface area contributed by atoms with Crippen molar-refractivity contribution < 1.29 is 9.32 Å². The summed E-state index contributed by atoms with van der Waals surface area (Å²) in [6.07, 6.45) is 4.08. The largest absolute Gasteiger partial charge is 0.338 e. The van der Waals surface area contributed by atoms with E-state index in [1.807, 2.05) is 61.5 Å². The molecule has 1 amide bonds. The van der Waals surface area contributed by atoms with Crippen LogP contribution >= 0.6 is 0 Å². The summed E-state index contributed by atoms with van der Waals surface area (Å²) in [5.74, 6) is 0.494. The number of benzene rings is 1. The van der Waals surface area contributed by atoms with Crippen molar-refractivity contribution in [3.63, 3.8) is 0 Å². The molecule has 7 heteroatoms. The number of pyridine rings is 1. The van der Waals surface area contributed by atoms with Gasteiger partial charge in [-0.25, -0.2) is 4.98 Å². The van der Waals surface area contributed by atoms with Crippen molar-refractivity contribution in [2.24, 2.45) is 13.0 Å². The third-order valence-corrected chi connectivity index (χ3v) is 5.96. The fourth-order valence-corrected chi connectivity index (χ4v) is 4.45. The number of amides is 1. The molecule has 5 rings (SSSR count). The highest BCUT2D eigenvalue weighted by atomic mass is 16.5. The number of aryl methyl sites for hydroxylation is 2. The van der Waals surface area contributed by atoms with E-state index in [2.05, 4.69) is 17.2 Å². The van der Waals surface area contributed by atoms with Crippen LogP contribution in [0.5, 0.6) is 0 Å². The van der Waals surface area contributed by atoms with Crippen LogP contribution in [0.4, 0.5) is 0 Å². The maximum absolute atomic E-state index is 13.7. The van der Waals surface area contributed by atoms with Crippen molar-refractivity contribution in [3.05, 3.63) is 53.9 Å². The van der Waals surface area contributed by atoms with Crippen molar-refractivity contribution in [1.82, 2.24) is 24.8 Å². The van der Waals surface area contributed by atoms with Gasteiger partial charge >= 0.3 is 0 Å². The molecule has 4 aromatic rings. The molecule has 1 aliphatic heterocycles. The van der Waals surface area contributed by atoms with E-state index in [4.69, 9.17) is 9.51 Å². The number of hydrogen-bond donors (Lipinski definition) is 0. The van der Waals surface area contributed by atoms with E-state index in [1.54, 1.807) is 4.68 Å². The lowest BCUT2D eigenvalue weighted by Crippen LogP contribution is -2.39. The smallest absolute Gasteiger partial charge is 0.259 e. The zero-order chi connectivity index (χ0) is 21.5. The second-order valence-electron chi connectivity index (χ2n) is 8.43. The summed E-state index contributed by atoms with van der Waals surface area (Å²) < 4.78 is 7.40. The maximum Gasteiger partial charge on any atom is 0.259 e. The first kappa shape index (κ1) is 19.5. The van der Waals surface area contributed by atoms with Crippen molar-refractivity contribution in [3.8, 4) is 22.5 Å². The Morgan fingerprint density at radius 3 is 2.74 bits per heavy atom. The van der Waals surface area contributed by atoms with Crippen molar-refractivity contribution >= 4 is 17.0 Å². The highest BCUT2D eigenvalue weighted by Crippen LogP contribution is 2.34. The lowest BCUT2D eigenvalue weighted by atomic mass is 9.97. The molecule has 0 radical (unpaired) electrons. The molecule has 1 saturated heterocycles. The Bertz CT molecular complexity index is 1260. The van der Waals surface area contributed by atoms with Crippen LogP contribution in [0.25, 0.3) is 33.6 Å². The minimum absolute atomic E-state index is 0.00197. The molecule has 0 bridgehead atoms. The first-order chi connectivity index (χ1) is 15.0. The topological polar surface area (TPSA) is 77.0 Å². The van der Waals surface area contributed by atoms with E-state index >= 15 is 0 Å². The Morgan fingerprint density at radius 2 is 2.03 bits per heavy atom. The number of likely N-dealkylation sites (tertiary alicyclic amines) is 1. The summed E-state index contributed by atoms with van der Waals surface area (Å²) in [4.78, 5) is 20.4. The molecular formula is C24H25N5O2. The Balaban J connectivity index is 1.71. The van der Waals surface area contributed by atoms with Gasteiger partial charge in [-0.05, 0) is 31.7 Å². The molecule has 0 N–H and O–H groups in total. The molecule has 4 heterocycles. The highest BCUT2D eigenvalue weighted by molar-refractivity contribution is 6.10. The van der Waals surface area contributed by atoms with Gasteiger partial charge in [-0.15, -0.1) is 0 Å². The average Bonchev–Trinajstić information content (AvgIpc) is 3.35. The van der Waals surface area contributed by atoms with Crippen molar-refractivity contribution in [2.75, 3.05) is 13.1 Å². The molecule has 3 aromatic heterocycles. The number of nitrogens with zero attached hydrogens (tertiary/aromatic N) is 5. The molecule has 1 aliphatic rings. The molecule has 7 nitrogen and oxygen atoms in total. The van der Waals surface area contributed by atoms with Gasteiger partial charge < -0.3 is 9.42 Å². The van der Waals surface area contributed by atoms with E-state index in [0.29, 0.717) is 34.0 Å². The van der Waals surface area contributed by atoms with Gasteiger partial charge in [-0.3, -0.25) is 9.48 Å². The second kappa shape index (κ2) is 7.65. The van der Waals surface area contributed by atoms with E-state index < -0.39 is 0 Å². The van der Waals surface area contributed by atoms with E-state index in [-0.39, 0.29) is 5.91 Å². The van der Waals surface area contributed by atoms with Gasteiger partial charge in [-0.1, -0.05) is 42.4 Å². The van der Waals surface area contributed by atoms with Gasteiger partial charge in [0.05, 0.1) is 22.3 Å². The first-order valence-corrected chi connectivity index (χ1v) is 10.7. The van der Waals surface area contributed by atoms with Crippen LogP contribution in [0.15, 0.2) is 47.1 Å². The Hall–Kier alpha value is -3.48. The summed E-state index contributed by atoms with van der Waals surface area (Å²) in [7, 11) is 1.87. The molecule has 0 spiro atoms.